The molecular weight excluding hydrogens is 174 g/mol. The Kier molecular flexibility index (Phi) is 223. The molecule has 4 heteroatoms. The molecule has 0 aliphatic heterocycles. The zero-order valence-electron chi connectivity index (χ0n) is 0.655. The summed E-state index contributed by atoms with van der Waals surface area (Å²) in [6.45, 7) is 0. The van der Waals surface area contributed by atoms with E-state index in [1.807, 2.05) is 0 Å². The van der Waals surface area contributed by atoms with Crippen molar-refractivity contribution in [3.63, 3.8) is 0 Å². The van der Waals surface area contributed by atoms with Crippen LogP contribution < -0.4 is 0 Å². The molecule has 33 valence electrons. The van der Waals surface area contributed by atoms with Gasteiger partial charge in [0, 0.05) is 34.1 Å². The first-order chi connectivity index (χ1) is 0. The quantitative estimate of drug-likeness (QED) is 0.359. The molecular formula is H7AlCuFeSi. The number of rotatable bonds is 0. The van der Waals surface area contributed by atoms with Gasteiger partial charge in [-0.05, 0) is 11.0 Å². The Morgan fingerprint density at radius 2 is 1.00 bits per heavy atom. The van der Waals surface area contributed by atoms with Crippen LogP contribution in [0.1, 0.15) is 0 Å². The minimum absolute atomic E-state index is 0. The molecule has 0 aromatic carbocycles. The van der Waals surface area contributed by atoms with E-state index >= 15 is 0 Å². The molecule has 4 heavy (non-hydrogen) atoms. The van der Waals surface area contributed by atoms with Crippen molar-refractivity contribution in [3.05, 3.63) is 0 Å². The van der Waals surface area contributed by atoms with E-state index in [0.717, 1.165) is 0 Å². The first-order valence-corrected chi connectivity index (χ1v) is 0. The molecule has 0 spiro atoms. The van der Waals surface area contributed by atoms with Crippen LogP contribution in [0.3, 0.4) is 0 Å². The summed E-state index contributed by atoms with van der Waals surface area (Å²) in [5, 5.41) is 0. The van der Waals surface area contributed by atoms with Gasteiger partial charge in [0.05, 0.1) is 0 Å². The summed E-state index contributed by atoms with van der Waals surface area (Å²) < 4.78 is 0. The predicted octanol–water partition coefficient (Wildman–Crippen LogP) is -2.64. The standard InChI is InChI=1S/Al.Cu.Fe.H4Si.3H/h;;;1H4;;;. The molecule has 0 N–H and O–H groups in total. The van der Waals surface area contributed by atoms with Crippen LogP contribution in [0.15, 0.2) is 0 Å². The summed E-state index contributed by atoms with van der Waals surface area (Å²) in [5.74, 6) is 0. The maximum absolute atomic E-state index is 0. The van der Waals surface area contributed by atoms with Gasteiger partial charge < -0.3 is 0 Å². The zero-order valence-corrected chi connectivity index (χ0v) is 2.70. The minimum Gasteiger partial charge on any atom is -0.0149 e. The minimum atomic E-state index is 0. The first-order valence-electron chi connectivity index (χ1n) is 0. The van der Waals surface area contributed by atoms with Gasteiger partial charge in [-0.1, -0.05) is 0 Å². The van der Waals surface area contributed by atoms with E-state index in [1.54, 1.807) is 0 Å². The molecule has 0 aromatic heterocycles. The SMILES string of the molecule is [AlH3].[Cu].[Fe].[SiH4]. The van der Waals surface area contributed by atoms with Gasteiger partial charge in [-0.15, -0.1) is 0 Å². The van der Waals surface area contributed by atoms with E-state index in [2.05, 4.69) is 0 Å². The largest absolute Gasteiger partial charge is 0.187 e. The topological polar surface area (TPSA) is 0 Å². The van der Waals surface area contributed by atoms with Crippen molar-refractivity contribution in [2.24, 2.45) is 0 Å². The summed E-state index contributed by atoms with van der Waals surface area (Å²) in [6, 6.07) is 0. The molecule has 0 amide bonds. The molecule has 0 unspecified atom stereocenters. The van der Waals surface area contributed by atoms with Gasteiger partial charge in [-0.25, -0.2) is 0 Å². The van der Waals surface area contributed by atoms with Gasteiger partial charge in [-0.2, -0.15) is 0 Å². The Morgan fingerprint density at radius 1 is 1.00 bits per heavy atom. The third-order valence-corrected chi connectivity index (χ3v) is 0. The number of hydrogen-bond donors (Lipinski definition) is 0. The van der Waals surface area contributed by atoms with Crippen LogP contribution in [0.25, 0.3) is 0 Å². The fourth-order valence-electron chi connectivity index (χ4n) is 0. The average molecular weight is 182 g/mol. The molecule has 1 radical (unpaired) electrons. The Labute approximate surface area is 62.2 Å². The first kappa shape index (κ1) is 41.5. The van der Waals surface area contributed by atoms with Gasteiger partial charge >= 0.3 is 0 Å². The number of hydrogen-bond acceptors (Lipinski definition) is 0. The third-order valence-electron chi connectivity index (χ3n) is 0. The molecule has 0 aliphatic carbocycles. The normalized spacial score (nSPS) is 0. The zero-order chi connectivity index (χ0) is 0. The van der Waals surface area contributed by atoms with Gasteiger partial charge in [0.1, 0.15) is 0 Å². The van der Waals surface area contributed by atoms with Crippen molar-refractivity contribution in [1.29, 1.82) is 0 Å². The Morgan fingerprint density at radius 3 is 1.00 bits per heavy atom. The Bertz CT molecular complexity index is 8.00. The predicted molar refractivity (Wildman–Crippen MR) is 21.3 cm³/mol. The van der Waals surface area contributed by atoms with E-state index in [9.17, 15) is 0 Å². The van der Waals surface area contributed by atoms with E-state index in [1.165, 1.54) is 0 Å². The molecule has 0 atom stereocenters. The second-order valence-electron chi connectivity index (χ2n) is 0. The second kappa shape index (κ2) is 21.5. The van der Waals surface area contributed by atoms with Crippen LogP contribution in [0.5, 0.6) is 0 Å². The second-order valence-corrected chi connectivity index (χ2v) is 0. The fraction of sp³-hybridized carbons (Fsp3) is 0. The van der Waals surface area contributed by atoms with Crippen molar-refractivity contribution in [2.45, 2.75) is 0 Å². The Hall–Kier alpha value is 1.79. The molecule has 0 aliphatic rings. The maximum atomic E-state index is 0. The van der Waals surface area contributed by atoms with Crippen LogP contribution in [-0.2, 0) is 34.1 Å². The fourth-order valence-corrected chi connectivity index (χ4v) is 0. The molecule has 0 saturated carbocycles. The molecule has 0 nitrogen and oxygen atoms in total. The van der Waals surface area contributed by atoms with E-state index in [4.69, 9.17) is 0 Å². The van der Waals surface area contributed by atoms with Crippen LogP contribution in [-0.4, -0.2) is 28.3 Å². The van der Waals surface area contributed by atoms with Crippen molar-refractivity contribution in [3.8, 4) is 0 Å². The molecule has 0 fully saturated rings. The van der Waals surface area contributed by atoms with Gasteiger partial charge in [0.2, 0.25) is 0 Å². The van der Waals surface area contributed by atoms with E-state index in [0.29, 0.717) is 0 Å². The molecule has 0 rings (SSSR count). The third kappa shape index (κ3) is 9.21. The van der Waals surface area contributed by atoms with E-state index in [-0.39, 0.29) is 62.5 Å². The van der Waals surface area contributed by atoms with Gasteiger partial charge in [0.15, 0.2) is 17.4 Å². The van der Waals surface area contributed by atoms with Crippen molar-refractivity contribution >= 4 is 28.3 Å². The molecule has 0 bridgehead atoms. The molecule has 0 aromatic rings. The van der Waals surface area contributed by atoms with Crippen molar-refractivity contribution in [2.75, 3.05) is 0 Å². The summed E-state index contributed by atoms with van der Waals surface area (Å²) in [6.07, 6.45) is 0. The van der Waals surface area contributed by atoms with Crippen LogP contribution in [0.4, 0.5) is 0 Å². The van der Waals surface area contributed by atoms with Gasteiger partial charge in [-0.3, -0.25) is 0 Å². The summed E-state index contributed by atoms with van der Waals surface area (Å²) >= 11 is 0. The van der Waals surface area contributed by atoms with Crippen molar-refractivity contribution in [1.82, 2.24) is 0 Å². The monoisotopic (exact) mass is 181 g/mol. The maximum Gasteiger partial charge on any atom is 0.187 e. The molecule has 0 heterocycles. The van der Waals surface area contributed by atoms with E-state index < -0.39 is 0 Å². The average Bonchev–Trinajstić information content (AvgIpc) is 0. The van der Waals surface area contributed by atoms with Crippen LogP contribution in [0, 0.1) is 0 Å². The summed E-state index contributed by atoms with van der Waals surface area (Å²) in [5.41, 5.74) is 0. The van der Waals surface area contributed by atoms with Crippen LogP contribution >= 0.6 is 0 Å². The summed E-state index contributed by atoms with van der Waals surface area (Å²) in [4.78, 5) is 0. The van der Waals surface area contributed by atoms with Crippen molar-refractivity contribution < 1.29 is 34.1 Å². The Balaban J connectivity index is 0. The summed E-state index contributed by atoms with van der Waals surface area (Å²) in [7, 11) is 0. The van der Waals surface area contributed by atoms with Crippen LogP contribution in [0.2, 0.25) is 0 Å². The molecule has 0 saturated heterocycles. The smallest absolute Gasteiger partial charge is 0.0149 e. The van der Waals surface area contributed by atoms with Gasteiger partial charge in [0.25, 0.3) is 0 Å².